The number of nitrogens with two attached hydrogens (primary N) is 1. The predicted octanol–water partition coefficient (Wildman–Crippen LogP) is 2.92. The molecular weight excluding hydrogens is 184 g/mol. The lowest BCUT2D eigenvalue weighted by molar-refractivity contribution is 0.496. The number of nitrogens with zero attached hydrogens (tertiary/aromatic N) is 1. The van der Waals surface area contributed by atoms with Crippen molar-refractivity contribution in [2.45, 2.75) is 39.5 Å². The fraction of sp³-hybridized carbons (Fsp3) is 0.700. The molecular formula is C10H19ClN2. The molecule has 3 heteroatoms. The van der Waals surface area contributed by atoms with Gasteiger partial charge < -0.3 is 5.73 Å². The lowest BCUT2D eigenvalue weighted by atomic mass is 9.93. The summed E-state index contributed by atoms with van der Waals surface area (Å²) in [6.45, 7) is 8.16. The van der Waals surface area contributed by atoms with Crippen molar-refractivity contribution < 1.29 is 0 Å². The molecule has 0 aliphatic heterocycles. The number of aliphatic imine (C=N–C) groups is 1. The van der Waals surface area contributed by atoms with Gasteiger partial charge in [0, 0.05) is 23.5 Å². The maximum absolute atomic E-state index is 5.84. The molecule has 1 atom stereocenters. The van der Waals surface area contributed by atoms with Crippen molar-refractivity contribution in [2.24, 2.45) is 16.1 Å². The molecule has 0 rings (SSSR count). The second-order valence-electron chi connectivity index (χ2n) is 4.06. The number of hydrogen-bond donors (Lipinski definition) is 1. The fourth-order valence-corrected chi connectivity index (χ4v) is 0.581. The zero-order valence-electron chi connectivity index (χ0n) is 8.84. The van der Waals surface area contributed by atoms with Crippen molar-refractivity contribution in [1.82, 2.24) is 0 Å². The summed E-state index contributed by atoms with van der Waals surface area (Å²) in [4.78, 5) is 4.06. The predicted molar refractivity (Wildman–Crippen MR) is 60.1 cm³/mol. The first-order valence-corrected chi connectivity index (χ1v) is 4.95. The summed E-state index contributed by atoms with van der Waals surface area (Å²) in [5.41, 5.74) is 6.53. The van der Waals surface area contributed by atoms with Gasteiger partial charge in [-0.15, -0.1) is 11.6 Å². The Bertz CT molecular complexity index is 201. The van der Waals surface area contributed by atoms with Crippen molar-refractivity contribution in [3.05, 3.63) is 11.9 Å². The Morgan fingerprint density at radius 1 is 1.54 bits per heavy atom. The molecule has 0 aliphatic carbocycles. The van der Waals surface area contributed by atoms with Crippen LogP contribution in [0.1, 0.15) is 34.1 Å². The average molecular weight is 203 g/mol. The summed E-state index contributed by atoms with van der Waals surface area (Å²) in [5, 5.41) is 0.00372. The Morgan fingerprint density at radius 3 is 2.46 bits per heavy atom. The summed E-state index contributed by atoms with van der Waals surface area (Å²) >= 11 is 5.84. The minimum Gasteiger partial charge on any atom is -0.400 e. The summed E-state index contributed by atoms with van der Waals surface area (Å²) in [7, 11) is 0. The van der Waals surface area contributed by atoms with Crippen LogP contribution >= 0.6 is 11.6 Å². The van der Waals surface area contributed by atoms with Gasteiger partial charge in [-0.1, -0.05) is 27.7 Å². The van der Waals surface area contributed by atoms with E-state index in [0.29, 0.717) is 0 Å². The highest BCUT2D eigenvalue weighted by atomic mass is 35.5. The van der Waals surface area contributed by atoms with Crippen LogP contribution in [0.15, 0.2) is 16.9 Å². The topological polar surface area (TPSA) is 38.4 Å². The van der Waals surface area contributed by atoms with E-state index < -0.39 is 0 Å². The van der Waals surface area contributed by atoms with E-state index in [0.717, 1.165) is 12.1 Å². The first kappa shape index (κ1) is 12.5. The molecule has 0 amide bonds. The molecule has 0 saturated carbocycles. The van der Waals surface area contributed by atoms with E-state index in [-0.39, 0.29) is 10.8 Å². The van der Waals surface area contributed by atoms with Crippen molar-refractivity contribution in [3.63, 3.8) is 0 Å². The van der Waals surface area contributed by atoms with E-state index >= 15 is 0 Å². The van der Waals surface area contributed by atoms with Crippen LogP contribution in [0.3, 0.4) is 0 Å². The molecule has 0 radical (unpaired) electrons. The highest BCUT2D eigenvalue weighted by Gasteiger charge is 2.12. The van der Waals surface area contributed by atoms with Crippen LogP contribution in [0.2, 0.25) is 0 Å². The van der Waals surface area contributed by atoms with Crippen molar-refractivity contribution >= 4 is 17.8 Å². The maximum atomic E-state index is 5.84. The molecule has 0 aromatic carbocycles. The highest BCUT2D eigenvalue weighted by molar-refractivity contribution is 6.28. The van der Waals surface area contributed by atoms with E-state index in [1.54, 1.807) is 12.4 Å². The van der Waals surface area contributed by atoms with Gasteiger partial charge in [-0.25, -0.2) is 0 Å². The van der Waals surface area contributed by atoms with Crippen LogP contribution in [0.4, 0.5) is 0 Å². The number of allylic oxidation sites excluding steroid dienone is 1. The summed E-state index contributed by atoms with van der Waals surface area (Å²) in [6, 6.07) is 0. The molecule has 13 heavy (non-hydrogen) atoms. The van der Waals surface area contributed by atoms with Crippen LogP contribution in [-0.4, -0.2) is 11.6 Å². The zero-order valence-corrected chi connectivity index (χ0v) is 9.60. The third-order valence-corrected chi connectivity index (χ3v) is 2.14. The summed E-state index contributed by atoms with van der Waals surface area (Å²) in [5.74, 6) is 0. The number of rotatable bonds is 3. The molecule has 0 aliphatic rings. The molecule has 0 heterocycles. The minimum atomic E-state index is -0.0225. The van der Waals surface area contributed by atoms with Crippen LogP contribution < -0.4 is 5.73 Å². The van der Waals surface area contributed by atoms with Gasteiger partial charge in [0.25, 0.3) is 0 Å². The van der Waals surface area contributed by atoms with Crippen LogP contribution in [-0.2, 0) is 0 Å². The van der Waals surface area contributed by atoms with Gasteiger partial charge >= 0.3 is 0 Å². The van der Waals surface area contributed by atoms with Crippen molar-refractivity contribution in [3.8, 4) is 0 Å². The lowest BCUT2D eigenvalue weighted by Gasteiger charge is -2.17. The van der Waals surface area contributed by atoms with Gasteiger partial charge in [0.05, 0.1) is 5.38 Å². The number of hydrogen-bond acceptors (Lipinski definition) is 2. The Hall–Kier alpha value is -0.500. The molecule has 1 unspecified atom stereocenters. The molecule has 0 bridgehead atoms. The molecule has 0 fully saturated rings. The highest BCUT2D eigenvalue weighted by Crippen LogP contribution is 2.20. The largest absolute Gasteiger partial charge is 0.400 e. The second kappa shape index (κ2) is 5.28. The van der Waals surface area contributed by atoms with Crippen LogP contribution in [0.25, 0.3) is 0 Å². The van der Waals surface area contributed by atoms with Crippen LogP contribution in [0, 0.1) is 5.41 Å². The first-order valence-electron chi connectivity index (χ1n) is 4.51. The zero-order chi connectivity index (χ0) is 10.5. The molecule has 2 N–H and O–H groups in total. The monoisotopic (exact) mass is 202 g/mol. The minimum absolute atomic E-state index is 0.00372. The standard InChI is InChI=1S/C10H19ClN2/c1-5-8(11)6-13-7-9(12)10(2,3)4/h6-8H,5,12H2,1-4H3/b9-7-,13-6?. The third kappa shape index (κ3) is 5.69. The Kier molecular flexibility index (Phi) is 5.07. The van der Waals surface area contributed by atoms with Gasteiger partial charge in [0.1, 0.15) is 0 Å². The molecule has 0 aromatic heterocycles. The lowest BCUT2D eigenvalue weighted by Crippen LogP contribution is -2.16. The summed E-state index contributed by atoms with van der Waals surface area (Å²) < 4.78 is 0. The summed E-state index contributed by atoms with van der Waals surface area (Å²) in [6.07, 6.45) is 4.26. The molecule has 2 nitrogen and oxygen atoms in total. The van der Waals surface area contributed by atoms with E-state index in [1.165, 1.54) is 0 Å². The Labute approximate surface area is 85.9 Å². The Morgan fingerprint density at radius 2 is 2.08 bits per heavy atom. The van der Waals surface area contributed by atoms with Gasteiger partial charge in [0.2, 0.25) is 0 Å². The second-order valence-corrected chi connectivity index (χ2v) is 4.62. The van der Waals surface area contributed by atoms with E-state index in [4.69, 9.17) is 17.3 Å². The van der Waals surface area contributed by atoms with E-state index in [9.17, 15) is 0 Å². The van der Waals surface area contributed by atoms with Gasteiger partial charge in [-0.3, -0.25) is 4.99 Å². The van der Waals surface area contributed by atoms with Gasteiger partial charge in [-0.05, 0) is 6.42 Å². The van der Waals surface area contributed by atoms with Crippen LogP contribution in [0.5, 0.6) is 0 Å². The number of halogens is 1. The fourth-order valence-electron chi connectivity index (χ4n) is 0.516. The molecule has 0 aromatic rings. The average Bonchev–Trinajstić information content (AvgIpc) is 2.02. The molecule has 0 saturated heterocycles. The Balaban J connectivity index is 4.19. The molecule has 0 spiro atoms. The first-order chi connectivity index (χ1) is 5.88. The maximum Gasteiger partial charge on any atom is 0.0685 e. The van der Waals surface area contributed by atoms with Crippen molar-refractivity contribution in [1.29, 1.82) is 0 Å². The normalized spacial score (nSPS) is 16.5. The molecule has 76 valence electrons. The SMILES string of the molecule is CCC(Cl)C=N/C=C(\N)C(C)(C)C. The number of alkyl halides is 1. The smallest absolute Gasteiger partial charge is 0.0685 e. The quantitative estimate of drug-likeness (QED) is 0.555. The van der Waals surface area contributed by atoms with Gasteiger partial charge in [0.15, 0.2) is 0 Å². The van der Waals surface area contributed by atoms with E-state index in [1.807, 2.05) is 27.7 Å². The third-order valence-electron chi connectivity index (χ3n) is 1.72. The van der Waals surface area contributed by atoms with Crippen molar-refractivity contribution in [2.75, 3.05) is 0 Å². The van der Waals surface area contributed by atoms with E-state index in [2.05, 4.69) is 4.99 Å². The van der Waals surface area contributed by atoms with Gasteiger partial charge in [-0.2, -0.15) is 0 Å².